The van der Waals surface area contributed by atoms with E-state index in [1.165, 1.54) is 41.3 Å². The molecule has 0 aromatic heterocycles. The third-order valence-corrected chi connectivity index (χ3v) is 2.78. The number of hydrogen-bond donors (Lipinski definition) is 2. The minimum Gasteiger partial charge on any atom is -0.481 e. The third-order valence-electron chi connectivity index (χ3n) is 2.78. The Morgan fingerprint density at radius 3 is 2.43 bits per heavy atom. The van der Waals surface area contributed by atoms with Crippen LogP contribution in [0.2, 0.25) is 0 Å². The van der Waals surface area contributed by atoms with Crippen molar-refractivity contribution in [2.45, 2.75) is 12.8 Å². The maximum absolute atomic E-state index is 12.8. The van der Waals surface area contributed by atoms with E-state index < -0.39 is 5.97 Å². The number of carbonyl (C=O) groups is 2. The molecule has 0 radical (unpaired) electrons. The van der Waals surface area contributed by atoms with Crippen LogP contribution in [0.25, 0.3) is 6.08 Å². The first kappa shape index (κ1) is 16.8. The Morgan fingerprint density at radius 1 is 1.19 bits per heavy atom. The summed E-state index contributed by atoms with van der Waals surface area (Å²) < 4.78 is 12.8. The molecule has 1 aromatic carbocycles. The monoisotopic (exact) mass is 295 g/mol. The van der Waals surface area contributed by atoms with Gasteiger partial charge in [-0.3, -0.25) is 9.59 Å². The predicted molar refractivity (Wildman–Crippen MR) is 76.0 cm³/mol. The molecular weight excluding hydrogens is 277 g/mol. The molecule has 0 atom stereocenters. The molecule has 0 saturated heterocycles. The van der Waals surface area contributed by atoms with Gasteiger partial charge in [0, 0.05) is 25.8 Å². The fourth-order valence-electron chi connectivity index (χ4n) is 1.67. The van der Waals surface area contributed by atoms with E-state index in [1.807, 2.05) is 0 Å². The van der Waals surface area contributed by atoms with Crippen molar-refractivity contribution < 1.29 is 24.2 Å². The quantitative estimate of drug-likeness (QED) is 0.713. The van der Waals surface area contributed by atoms with E-state index in [4.69, 9.17) is 10.2 Å². The van der Waals surface area contributed by atoms with Crippen LogP contribution in [0.3, 0.4) is 0 Å². The molecule has 5 nitrogen and oxygen atoms in total. The largest absolute Gasteiger partial charge is 0.481 e. The molecule has 1 amide bonds. The van der Waals surface area contributed by atoms with Crippen molar-refractivity contribution in [3.05, 3.63) is 41.7 Å². The lowest BCUT2D eigenvalue weighted by Crippen LogP contribution is -2.33. The van der Waals surface area contributed by atoms with Gasteiger partial charge in [0.2, 0.25) is 5.91 Å². The summed E-state index contributed by atoms with van der Waals surface area (Å²) >= 11 is 0. The number of carbonyl (C=O) groups excluding carboxylic acids is 1. The van der Waals surface area contributed by atoms with Crippen molar-refractivity contribution in [2.75, 3.05) is 19.7 Å². The summed E-state index contributed by atoms with van der Waals surface area (Å²) in [6, 6.07) is 5.65. The van der Waals surface area contributed by atoms with Crippen LogP contribution in [-0.2, 0) is 9.59 Å². The highest BCUT2D eigenvalue weighted by Gasteiger charge is 2.11. The number of amides is 1. The number of nitrogens with zero attached hydrogens (tertiary/aromatic N) is 1. The molecule has 114 valence electrons. The molecule has 0 aliphatic rings. The van der Waals surface area contributed by atoms with Gasteiger partial charge in [-0.15, -0.1) is 0 Å². The Hall–Kier alpha value is -2.21. The van der Waals surface area contributed by atoms with Gasteiger partial charge in [-0.25, -0.2) is 4.39 Å². The zero-order chi connectivity index (χ0) is 15.7. The van der Waals surface area contributed by atoms with Gasteiger partial charge < -0.3 is 15.1 Å². The molecule has 21 heavy (non-hydrogen) atoms. The number of aliphatic carboxylic acids is 1. The first-order chi connectivity index (χ1) is 10.0. The summed E-state index contributed by atoms with van der Waals surface area (Å²) in [7, 11) is 0. The maximum Gasteiger partial charge on any atom is 0.305 e. The molecule has 1 aromatic rings. The van der Waals surface area contributed by atoms with Gasteiger partial charge >= 0.3 is 5.97 Å². The number of carboxylic acid groups (broad SMARTS) is 1. The van der Waals surface area contributed by atoms with Crippen LogP contribution in [0.4, 0.5) is 4.39 Å². The van der Waals surface area contributed by atoms with Gasteiger partial charge in [0.25, 0.3) is 0 Å². The Bertz CT molecular complexity index is 499. The normalized spacial score (nSPS) is 10.8. The summed E-state index contributed by atoms with van der Waals surface area (Å²) in [6.45, 7) is 0.302. The average molecular weight is 295 g/mol. The second-order valence-electron chi connectivity index (χ2n) is 4.43. The van der Waals surface area contributed by atoms with Crippen molar-refractivity contribution in [3.63, 3.8) is 0 Å². The van der Waals surface area contributed by atoms with E-state index in [0.717, 1.165) is 0 Å². The van der Waals surface area contributed by atoms with Crippen LogP contribution in [0.5, 0.6) is 0 Å². The average Bonchev–Trinajstić information content (AvgIpc) is 2.46. The first-order valence-corrected chi connectivity index (χ1v) is 6.58. The highest BCUT2D eigenvalue weighted by molar-refractivity contribution is 5.92. The van der Waals surface area contributed by atoms with E-state index in [-0.39, 0.29) is 37.8 Å². The number of rotatable bonds is 8. The van der Waals surface area contributed by atoms with Crippen molar-refractivity contribution in [1.82, 2.24) is 4.90 Å². The van der Waals surface area contributed by atoms with Gasteiger partial charge in [-0.05, 0) is 30.2 Å². The highest BCUT2D eigenvalue weighted by atomic mass is 19.1. The van der Waals surface area contributed by atoms with Gasteiger partial charge in [-0.1, -0.05) is 12.1 Å². The van der Waals surface area contributed by atoms with Crippen molar-refractivity contribution in [2.24, 2.45) is 0 Å². The first-order valence-electron chi connectivity index (χ1n) is 6.58. The van der Waals surface area contributed by atoms with Crippen LogP contribution in [0.1, 0.15) is 18.4 Å². The van der Waals surface area contributed by atoms with Crippen LogP contribution >= 0.6 is 0 Å². The molecule has 6 heteroatoms. The van der Waals surface area contributed by atoms with E-state index in [1.54, 1.807) is 0 Å². The zero-order valence-corrected chi connectivity index (χ0v) is 11.5. The smallest absolute Gasteiger partial charge is 0.305 e. The number of halogens is 1. The fourth-order valence-corrected chi connectivity index (χ4v) is 1.67. The molecule has 0 unspecified atom stereocenters. The van der Waals surface area contributed by atoms with Gasteiger partial charge in [0.1, 0.15) is 5.82 Å². The highest BCUT2D eigenvalue weighted by Crippen LogP contribution is 2.06. The molecule has 0 saturated carbocycles. The molecule has 0 fully saturated rings. The third kappa shape index (κ3) is 6.67. The van der Waals surface area contributed by atoms with Gasteiger partial charge in [-0.2, -0.15) is 0 Å². The Morgan fingerprint density at radius 2 is 1.86 bits per heavy atom. The number of benzene rings is 1. The summed E-state index contributed by atoms with van der Waals surface area (Å²) in [5.74, 6) is -1.68. The lowest BCUT2D eigenvalue weighted by Gasteiger charge is -2.19. The van der Waals surface area contributed by atoms with Crippen molar-refractivity contribution in [1.29, 1.82) is 0 Å². The van der Waals surface area contributed by atoms with E-state index in [0.29, 0.717) is 12.0 Å². The van der Waals surface area contributed by atoms with E-state index in [2.05, 4.69) is 0 Å². The van der Waals surface area contributed by atoms with Crippen molar-refractivity contribution in [3.8, 4) is 0 Å². The van der Waals surface area contributed by atoms with Gasteiger partial charge in [0.15, 0.2) is 0 Å². The minimum absolute atomic E-state index is 0.0709. The minimum atomic E-state index is -0.987. The molecule has 0 aliphatic carbocycles. The second kappa shape index (κ2) is 8.86. The number of hydrogen-bond acceptors (Lipinski definition) is 3. The Balaban J connectivity index is 2.65. The standard InChI is InChI=1S/C15H18FNO4/c16-13-5-2-12(3-6-13)4-7-14(19)17(9-1-11-18)10-8-15(20)21/h2-7,18H,1,8-11H2,(H,20,21)/b7-4+. The van der Waals surface area contributed by atoms with Crippen molar-refractivity contribution >= 4 is 18.0 Å². The summed E-state index contributed by atoms with van der Waals surface area (Å²) in [4.78, 5) is 23.9. The fraction of sp³-hybridized carbons (Fsp3) is 0.333. The van der Waals surface area contributed by atoms with E-state index in [9.17, 15) is 14.0 Å². The number of carboxylic acids is 1. The predicted octanol–water partition coefficient (Wildman–Crippen LogP) is 1.52. The molecule has 0 heterocycles. The molecule has 1 rings (SSSR count). The maximum atomic E-state index is 12.8. The molecule has 2 N–H and O–H groups in total. The number of aliphatic hydroxyl groups excluding tert-OH is 1. The van der Waals surface area contributed by atoms with E-state index >= 15 is 0 Å². The molecular formula is C15H18FNO4. The number of aliphatic hydroxyl groups is 1. The molecule has 0 aliphatic heterocycles. The lowest BCUT2D eigenvalue weighted by molar-refractivity contribution is -0.138. The molecule has 0 spiro atoms. The van der Waals surface area contributed by atoms with Crippen LogP contribution in [0, 0.1) is 5.82 Å². The summed E-state index contributed by atoms with van der Waals surface area (Å²) in [5, 5.41) is 17.5. The van der Waals surface area contributed by atoms with Crippen LogP contribution in [0.15, 0.2) is 30.3 Å². The zero-order valence-electron chi connectivity index (χ0n) is 11.5. The van der Waals surface area contributed by atoms with Crippen LogP contribution in [-0.4, -0.2) is 46.7 Å². The Kier molecular flexibility index (Phi) is 7.11. The Labute approximate surface area is 122 Å². The summed E-state index contributed by atoms with van der Waals surface area (Å²) in [5.41, 5.74) is 0.671. The van der Waals surface area contributed by atoms with Crippen LogP contribution < -0.4 is 0 Å². The summed E-state index contributed by atoms with van der Waals surface area (Å²) in [6.07, 6.45) is 3.08. The topological polar surface area (TPSA) is 77.8 Å². The molecule has 0 bridgehead atoms. The second-order valence-corrected chi connectivity index (χ2v) is 4.43. The lowest BCUT2D eigenvalue weighted by atomic mass is 10.2. The van der Waals surface area contributed by atoms with Gasteiger partial charge in [0.05, 0.1) is 6.42 Å². The SMILES string of the molecule is O=C(O)CCN(CCCO)C(=O)/C=C/c1ccc(F)cc1.